The van der Waals surface area contributed by atoms with Gasteiger partial charge in [0, 0.05) is 32.7 Å². The van der Waals surface area contributed by atoms with Gasteiger partial charge in [0.1, 0.15) is 12.2 Å². The lowest BCUT2D eigenvalue weighted by Gasteiger charge is -2.30. The van der Waals surface area contributed by atoms with Crippen molar-refractivity contribution in [2.75, 3.05) is 39.4 Å². The van der Waals surface area contributed by atoms with Crippen LogP contribution in [0, 0.1) is 11.8 Å². The number of hydrogen-bond acceptors (Lipinski definition) is 5. The molecule has 128 valence electrons. The van der Waals surface area contributed by atoms with E-state index < -0.39 is 0 Å². The number of likely N-dealkylation sites (tertiary alicyclic amines) is 1. The smallest absolute Gasteiger partial charge is 0.227 e. The third kappa shape index (κ3) is 3.72. The Kier molecular flexibility index (Phi) is 5.27. The van der Waals surface area contributed by atoms with Crippen molar-refractivity contribution in [3.8, 4) is 0 Å². The molecular weight excluding hydrogens is 294 g/mol. The standard InChI is InChI=1S/C16H27N5O2/c1-3-4-21-15(17-12-18-21)11-19-9-13(2)14(10-19)16(22)20-5-7-23-8-6-20/h12-14H,3-11H2,1-2H3/t13-,14-/m1/s1. The van der Waals surface area contributed by atoms with Crippen molar-refractivity contribution in [2.24, 2.45) is 11.8 Å². The van der Waals surface area contributed by atoms with E-state index in [9.17, 15) is 4.79 Å². The van der Waals surface area contributed by atoms with Crippen LogP contribution in [0.3, 0.4) is 0 Å². The molecule has 1 aromatic heterocycles. The van der Waals surface area contributed by atoms with Gasteiger partial charge in [-0.3, -0.25) is 9.69 Å². The average Bonchev–Trinajstić information content (AvgIpc) is 3.15. The van der Waals surface area contributed by atoms with Crippen LogP contribution < -0.4 is 0 Å². The molecule has 0 bridgehead atoms. The zero-order valence-corrected chi connectivity index (χ0v) is 14.1. The Morgan fingerprint density at radius 1 is 1.35 bits per heavy atom. The topological polar surface area (TPSA) is 63.5 Å². The largest absolute Gasteiger partial charge is 0.378 e. The minimum Gasteiger partial charge on any atom is -0.378 e. The molecule has 0 spiro atoms. The number of amides is 1. The molecular formula is C16H27N5O2. The number of carbonyl (C=O) groups excluding carboxylic acids is 1. The van der Waals surface area contributed by atoms with Crippen LogP contribution in [0.25, 0.3) is 0 Å². The van der Waals surface area contributed by atoms with Crippen LogP contribution in [0.5, 0.6) is 0 Å². The predicted octanol–water partition coefficient (Wildman–Crippen LogP) is 0.615. The summed E-state index contributed by atoms with van der Waals surface area (Å²) < 4.78 is 7.32. The Hall–Kier alpha value is -1.47. The fraction of sp³-hybridized carbons (Fsp3) is 0.812. The van der Waals surface area contributed by atoms with E-state index in [1.54, 1.807) is 6.33 Å². The number of hydrogen-bond donors (Lipinski definition) is 0. The number of ether oxygens (including phenoxy) is 1. The molecule has 1 aromatic rings. The molecule has 0 aliphatic carbocycles. The first-order valence-corrected chi connectivity index (χ1v) is 8.64. The van der Waals surface area contributed by atoms with E-state index in [0.29, 0.717) is 25.0 Å². The summed E-state index contributed by atoms with van der Waals surface area (Å²) >= 11 is 0. The summed E-state index contributed by atoms with van der Waals surface area (Å²) in [6.07, 6.45) is 2.67. The lowest BCUT2D eigenvalue weighted by atomic mass is 9.96. The molecule has 2 saturated heterocycles. The molecule has 0 aromatic carbocycles. The lowest BCUT2D eigenvalue weighted by molar-refractivity contribution is -0.140. The molecule has 2 atom stereocenters. The Bertz CT molecular complexity index is 526. The number of morpholine rings is 1. The van der Waals surface area contributed by atoms with E-state index in [-0.39, 0.29) is 5.92 Å². The highest BCUT2D eigenvalue weighted by atomic mass is 16.5. The van der Waals surface area contributed by atoms with E-state index in [1.165, 1.54) is 0 Å². The molecule has 3 rings (SSSR count). The lowest BCUT2D eigenvalue weighted by Crippen LogP contribution is -2.45. The summed E-state index contributed by atoms with van der Waals surface area (Å²) in [7, 11) is 0. The molecule has 1 amide bonds. The zero-order chi connectivity index (χ0) is 16.2. The SMILES string of the molecule is CCCn1ncnc1CN1C[C@@H](C)[C@H](C(=O)N2CCOCC2)C1. The summed E-state index contributed by atoms with van der Waals surface area (Å²) in [4.78, 5) is 21.4. The number of nitrogens with zero attached hydrogens (tertiary/aromatic N) is 5. The van der Waals surface area contributed by atoms with Crippen molar-refractivity contribution in [3.63, 3.8) is 0 Å². The van der Waals surface area contributed by atoms with Crippen LogP contribution in [-0.2, 0) is 22.6 Å². The van der Waals surface area contributed by atoms with Crippen molar-refractivity contribution < 1.29 is 9.53 Å². The Morgan fingerprint density at radius 2 is 2.13 bits per heavy atom. The van der Waals surface area contributed by atoms with E-state index in [1.807, 2.05) is 9.58 Å². The molecule has 23 heavy (non-hydrogen) atoms. The van der Waals surface area contributed by atoms with E-state index in [4.69, 9.17) is 4.74 Å². The first-order valence-electron chi connectivity index (χ1n) is 8.64. The molecule has 0 radical (unpaired) electrons. The Balaban J connectivity index is 1.59. The number of aryl methyl sites for hydroxylation is 1. The Morgan fingerprint density at radius 3 is 2.87 bits per heavy atom. The zero-order valence-electron chi connectivity index (χ0n) is 14.1. The van der Waals surface area contributed by atoms with Gasteiger partial charge in [-0.1, -0.05) is 13.8 Å². The number of rotatable bonds is 5. The van der Waals surface area contributed by atoms with Gasteiger partial charge >= 0.3 is 0 Å². The van der Waals surface area contributed by atoms with Gasteiger partial charge in [0.05, 0.1) is 25.7 Å². The predicted molar refractivity (Wildman–Crippen MR) is 85.6 cm³/mol. The minimum atomic E-state index is 0.0932. The van der Waals surface area contributed by atoms with Crippen LogP contribution in [0.4, 0.5) is 0 Å². The van der Waals surface area contributed by atoms with Crippen LogP contribution >= 0.6 is 0 Å². The second kappa shape index (κ2) is 7.40. The maximum atomic E-state index is 12.7. The number of aromatic nitrogens is 3. The highest BCUT2D eigenvalue weighted by Crippen LogP contribution is 2.26. The summed E-state index contributed by atoms with van der Waals surface area (Å²) in [6.45, 7) is 10.5. The second-order valence-corrected chi connectivity index (χ2v) is 6.61. The van der Waals surface area contributed by atoms with Crippen LogP contribution in [-0.4, -0.2) is 69.9 Å². The van der Waals surface area contributed by atoms with Crippen LogP contribution in [0.2, 0.25) is 0 Å². The normalized spacial score (nSPS) is 25.9. The van der Waals surface area contributed by atoms with Gasteiger partial charge in [-0.15, -0.1) is 0 Å². The molecule has 2 fully saturated rings. The van der Waals surface area contributed by atoms with Crippen molar-refractivity contribution >= 4 is 5.91 Å². The minimum absolute atomic E-state index is 0.0932. The van der Waals surface area contributed by atoms with E-state index in [0.717, 1.165) is 51.5 Å². The van der Waals surface area contributed by atoms with Crippen molar-refractivity contribution in [2.45, 2.75) is 33.4 Å². The molecule has 0 saturated carbocycles. The van der Waals surface area contributed by atoms with Gasteiger partial charge < -0.3 is 9.64 Å². The summed E-state index contributed by atoms with van der Waals surface area (Å²) in [5.41, 5.74) is 0. The third-order valence-corrected chi connectivity index (χ3v) is 4.82. The van der Waals surface area contributed by atoms with Gasteiger partial charge in [0.25, 0.3) is 0 Å². The third-order valence-electron chi connectivity index (χ3n) is 4.82. The first kappa shape index (κ1) is 16.4. The van der Waals surface area contributed by atoms with Crippen LogP contribution in [0.1, 0.15) is 26.1 Å². The van der Waals surface area contributed by atoms with Crippen molar-refractivity contribution in [1.82, 2.24) is 24.6 Å². The maximum absolute atomic E-state index is 12.7. The molecule has 7 heteroatoms. The van der Waals surface area contributed by atoms with Gasteiger partial charge in [-0.25, -0.2) is 9.67 Å². The highest BCUT2D eigenvalue weighted by Gasteiger charge is 2.37. The second-order valence-electron chi connectivity index (χ2n) is 6.61. The monoisotopic (exact) mass is 321 g/mol. The molecule has 0 N–H and O–H groups in total. The number of carbonyl (C=O) groups is 1. The van der Waals surface area contributed by atoms with Crippen LogP contribution in [0.15, 0.2) is 6.33 Å². The average molecular weight is 321 g/mol. The maximum Gasteiger partial charge on any atom is 0.227 e. The van der Waals surface area contributed by atoms with Gasteiger partial charge in [-0.2, -0.15) is 5.10 Å². The molecule has 3 heterocycles. The Labute approximate surface area is 137 Å². The van der Waals surface area contributed by atoms with Crippen molar-refractivity contribution in [1.29, 1.82) is 0 Å². The van der Waals surface area contributed by atoms with E-state index >= 15 is 0 Å². The summed E-state index contributed by atoms with van der Waals surface area (Å²) in [5, 5.41) is 4.28. The van der Waals surface area contributed by atoms with Gasteiger partial charge in [-0.05, 0) is 12.3 Å². The fourth-order valence-electron chi connectivity index (χ4n) is 3.55. The molecule has 2 aliphatic rings. The summed E-state index contributed by atoms with van der Waals surface area (Å²) in [6, 6.07) is 0. The van der Waals surface area contributed by atoms with Crippen molar-refractivity contribution in [3.05, 3.63) is 12.2 Å². The molecule has 7 nitrogen and oxygen atoms in total. The molecule has 2 aliphatic heterocycles. The van der Waals surface area contributed by atoms with Gasteiger partial charge in [0.2, 0.25) is 5.91 Å². The molecule has 0 unspecified atom stereocenters. The summed E-state index contributed by atoms with van der Waals surface area (Å²) in [5.74, 6) is 1.76. The van der Waals surface area contributed by atoms with Gasteiger partial charge in [0.15, 0.2) is 0 Å². The quantitative estimate of drug-likeness (QED) is 0.795. The fourth-order valence-corrected chi connectivity index (χ4v) is 3.55. The first-order chi connectivity index (χ1) is 11.2. The highest BCUT2D eigenvalue weighted by molar-refractivity contribution is 5.79. The van der Waals surface area contributed by atoms with E-state index in [2.05, 4.69) is 28.8 Å².